The molecule has 0 saturated heterocycles. The molecule has 1 N–H and O–H groups in total. The van der Waals surface area contributed by atoms with Crippen molar-refractivity contribution < 1.29 is 23.8 Å². The summed E-state index contributed by atoms with van der Waals surface area (Å²) in [6.07, 6.45) is 0.307. The third kappa shape index (κ3) is 3.93. The van der Waals surface area contributed by atoms with E-state index in [0.717, 1.165) is 23.1 Å². The highest BCUT2D eigenvalue weighted by atomic mass is 32.1. The van der Waals surface area contributed by atoms with E-state index in [1.807, 2.05) is 18.2 Å². The summed E-state index contributed by atoms with van der Waals surface area (Å²) < 4.78 is 20.0. The molecule has 0 spiro atoms. The van der Waals surface area contributed by atoms with Crippen molar-refractivity contribution in [2.45, 2.75) is 38.8 Å². The molecule has 2 aromatic carbocycles. The predicted molar refractivity (Wildman–Crippen MR) is 108 cm³/mol. The Morgan fingerprint density at radius 1 is 1.31 bits per heavy atom. The summed E-state index contributed by atoms with van der Waals surface area (Å²) in [5, 5.41) is 9.81. The summed E-state index contributed by atoms with van der Waals surface area (Å²) in [6, 6.07) is 10.0. The number of fused-ring (bicyclic) bond motifs is 2. The third-order valence-electron chi connectivity index (χ3n) is 4.71. The molecular formula is C21H19FN2O4S. The number of hydrogen-bond acceptors (Lipinski definition) is 5. The molecule has 3 aromatic rings. The second-order valence-corrected chi connectivity index (χ2v) is 8.02. The maximum Gasteiger partial charge on any atom is 0.307 e. The van der Waals surface area contributed by atoms with Crippen LogP contribution in [0.2, 0.25) is 0 Å². The number of anilines is 1. The minimum atomic E-state index is -1.10. The SMILES string of the molecule is CCCc1ccc2c(c1)OC(CC(=O)O)C(=O)N2Cc1nc2cc(F)ccc2s1. The summed E-state index contributed by atoms with van der Waals surface area (Å²) in [5.41, 5.74) is 2.18. The molecule has 6 nitrogen and oxygen atoms in total. The van der Waals surface area contributed by atoms with E-state index >= 15 is 0 Å². The van der Waals surface area contributed by atoms with Gasteiger partial charge in [-0.15, -0.1) is 11.3 Å². The van der Waals surface area contributed by atoms with E-state index in [1.54, 1.807) is 6.07 Å². The molecule has 150 valence electrons. The van der Waals surface area contributed by atoms with Crippen LogP contribution in [0, 0.1) is 5.82 Å². The Morgan fingerprint density at radius 3 is 2.90 bits per heavy atom. The standard InChI is InChI=1S/C21H19FN2O4S/c1-2-3-12-4-6-15-16(8-12)28-17(10-20(25)26)21(27)24(15)11-19-23-14-9-13(22)5-7-18(14)29-19/h4-9,17H,2-3,10-11H2,1H3,(H,25,26). The van der Waals surface area contributed by atoms with E-state index in [1.165, 1.54) is 28.4 Å². The van der Waals surface area contributed by atoms with Crippen LogP contribution in [0.5, 0.6) is 5.75 Å². The minimum Gasteiger partial charge on any atom is -0.481 e. The van der Waals surface area contributed by atoms with E-state index in [9.17, 15) is 19.1 Å². The van der Waals surface area contributed by atoms with Gasteiger partial charge in [0.1, 0.15) is 16.6 Å². The Labute approximate surface area is 170 Å². The Balaban J connectivity index is 1.71. The van der Waals surface area contributed by atoms with Crippen LogP contribution in [0.4, 0.5) is 10.1 Å². The molecule has 0 radical (unpaired) electrons. The monoisotopic (exact) mass is 414 g/mol. The van der Waals surface area contributed by atoms with Crippen molar-refractivity contribution in [1.82, 2.24) is 4.98 Å². The highest BCUT2D eigenvalue weighted by Crippen LogP contribution is 2.37. The molecule has 1 aliphatic heterocycles. The van der Waals surface area contributed by atoms with Crippen LogP contribution in [-0.4, -0.2) is 28.1 Å². The third-order valence-corrected chi connectivity index (χ3v) is 5.73. The summed E-state index contributed by atoms with van der Waals surface area (Å²) >= 11 is 1.37. The van der Waals surface area contributed by atoms with E-state index in [0.29, 0.717) is 22.0 Å². The van der Waals surface area contributed by atoms with Crippen molar-refractivity contribution in [3.8, 4) is 5.75 Å². The number of aliphatic carboxylic acids is 1. The topological polar surface area (TPSA) is 79.7 Å². The lowest BCUT2D eigenvalue weighted by Gasteiger charge is -2.33. The lowest BCUT2D eigenvalue weighted by molar-refractivity contribution is -0.142. The van der Waals surface area contributed by atoms with Gasteiger partial charge in [0.15, 0.2) is 6.10 Å². The second kappa shape index (κ2) is 7.79. The van der Waals surface area contributed by atoms with Gasteiger partial charge in [-0.3, -0.25) is 14.5 Å². The molecule has 4 rings (SSSR count). The quantitative estimate of drug-likeness (QED) is 0.655. The van der Waals surface area contributed by atoms with Gasteiger partial charge >= 0.3 is 5.97 Å². The number of nitrogens with zero attached hydrogens (tertiary/aromatic N) is 2. The number of benzene rings is 2. The van der Waals surface area contributed by atoms with Crippen LogP contribution in [-0.2, 0) is 22.6 Å². The average Bonchev–Trinajstić information content (AvgIpc) is 3.06. The van der Waals surface area contributed by atoms with Crippen LogP contribution in [0.15, 0.2) is 36.4 Å². The van der Waals surface area contributed by atoms with Crippen LogP contribution < -0.4 is 9.64 Å². The highest BCUT2D eigenvalue weighted by molar-refractivity contribution is 7.18. The fraction of sp³-hybridized carbons (Fsp3) is 0.286. The van der Waals surface area contributed by atoms with Crippen molar-refractivity contribution in [1.29, 1.82) is 0 Å². The van der Waals surface area contributed by atoms with Crippen molar-refractivity contribution >= 4 is 39.1 Å². The number of carbonyl (C=O) groups excluding carboxylic acids is 1. The Bertz CT molecular complexity index is 1100. The number of carboxylic acids is 1. The smallest absolute Gasteiger partial charge is 0.307 e. The van der Waals surface area contributed by atoms with Crippen molar-refractivity contribution in [3.63, 3.8) is 0 Å². The van der Waals surface area contributed by atoms with E-state index < -0.39 is 24.4 Å². The van der Waals surface area contributed by atoms with Crippen LogP contribution in [0.3, 0.4) is 0 Å². The first kappa shape index (κ1) is 19.3. The molecule has 2 heterocycles. The first-order chi connectivity index (χ1) is 13.9. The van der Waals surface area contributed by atoms with Crippen molar-refractivity contribution in [3.05, 3.63) is 52.8 Å². The Kier molecular flexibility index (Phi) is 5.19. The highest BCUT2D eigenvalue weighted by Gasteiger charge is 2.36. The van der Waals surface area contributed by atoms with Crippen LogP contribution in [0.1, 0.15) is 30.3 Å². The zero-order valence-corrected chi connectivity index (χ0v) is 16.5. The van der Waals surface area contributed by atoms with Crippen LogP contribution >= 0.6 is 11.3 Å². The summed E-state index contributed by atoms with van der Waals surface area (Å²) in [6.45, 7) is 2.23. The number of carbonyl (C=O) groups is 2. The molecular weight excluding hydrogens is 395 g/mol. The lowest BCUT2D eigenvalue weighted by atomic mass is 10.1. The molecule has 0 aliphatic carbocycles. The van der Waals surface area contributed by atoms with Gasteiger partial charge in [0.25, 0.3) is 5.91 Å². The van der Waals surface area contributed by atoms with E-state index in [2.05, 4.69) is 11.9 Å². The molecule has 1 atom stereocenters. The Morgan fingerprint density at radius 2 is 2.14 bits per heavy atom. The molecule has 0 fully saturated rings. The minimum absolute atomic E-state index is 0.166. The fourth-order valence-electron chi connectivity index (χ4n) is 3.42. The number of rotatable bonds is 6. The van der Waals surface area contributed by atoms with Crippen LogP contribution in [0.25, 0.3) is 10.2 Å². The number of thiazole rings is 1. The first-order valence-electron chi connectivity index (χ1n) is 9.32. The molecule has 1 unspecified atom stereocenters. The van der Waals surface area contributed by atoms with Crippen molar-refractivity contribution in [2.24, 2.45) is 0 Å². The number of halogens is 1. The largest absolute Gasteiger partial charge is 0.481 e. The molecule has 29 heavy (non-hydrogen) atoms. The summed E-state index contributed by atoms with van der Waals surface area (Å²) in [4.78, 5) is 30.1. The molecule has 1 aliphatic rings. The number of aromatic nitrogens is 1. The van der Waals surface area contributed by atoms with E-state index in [4.69, 9.17) is 4.74 Å². The number of hydrogen-bond donors (Lipinski definition) is 1. The second-order valence-electron chi connectivity index (χ2n) is 6.90. The van der Waals surface area contributed by atoms with Gasteiger partial charge in [0, 0.05) is 6.07 Å². The van der Waals surface area contributed by atoms with Gasteiger partial charge < -0.3 is 9.84 Å². The average molecular weight is 414 g/mol. The van der Waals surface area contributed by atoms with Gasteiger partial charge in [-0.1, -0.05) is 19.4 Å². The predicted octanol–water partition coefficient (Wildman–Crippen LogP) is 4.16. The molecule has 0 bridgehead atoms. The number of amides is 1. The lowest BCUT2D eigenvalue weighted by Crippen LogP contribution is -2.46. The maximum absolute atomic E-state index is 13.5. The zero-order chi connectivity index (χ0) is 20.5. The normalized spacial score (nSPS) is 16.0. The number of ether oxygens (including phenoxy) is 1. The zero-order valence-electron chi connectivity index (χ0n) is 15.7. The first-order valence-corrected chi connectivity index (χ1v) is 10.1. The maximum atomic E-state index is 13.5. The Hall–Kier alpha value is -3.00. The van der Waals surface area contributed by atoms with Gasteiger partial charge in [0.2, 0.25) is 0 Å². The van der Waals surface area contributed by atoms with Gasteiger partial charge in [-0.25, -0.2) is 9.37 Å². The molecule has 0 saturated carbocycles. The van der Waals surface area contributed by atoms with E-state index in [-0.39, 0.29) is 12.4 Å². The van der Waals surface area contributed by atoms with Crippen molar-refractivity contribution in [2.75, 3.05) is 4.90 Å². The molecule has 1 aromatic heterocycles. The summed E-state index contributed by atoms with van der Waals surface area (Å²) in [5.74, 6) is -1.40. The summed E-state index contributed by atoms with van der Waals surface area (Å²) in [7, 11) is 0. The van der Waals surface area contributed by atoms with Gasteiger partial charge in [-0.05, 0) is 36.2 Å². The fourth-order valence-corrected chi connectivity index (χ4v) is 4.35. The molecule has 8 heteroatoms. The van der Waals surface area contributed by atoms with Gasteiger partial charge in [0.05, 0.1) is 28.9 Å². The molecule has 1 amide bonds. The van der Waals surface area contributed by atoms with Gasteiger partial charge in [-0.2, -0.15) is 0 Å². The number of carboxylic acid groups (broad SMARTS) is 1. The number of aryl methyl sites for hydroxylation is 1.